The number of primary amides is 1. The van der Waals surface area contributed by atoms with Crippen LogP contribution in [0.1, 0.15) is 0 Å². The number of hydrogen-bond acceptors (Lipinski definition) is 3. The molecular formula is C10H12F2N2O2. The number of nitrogens with two attached hydrogens (primary N) is 1. The molecule has 1 atom stereocenters. The molecule has 0 aromatic heterocycles. The van der Waals surface area contributed by atoms with Crippen molar-refractivity contribution < 1.29 is 18.3 Å². The van der Waals surface area contributed by atoms with Gasteiger partial charge in [0.05, 0.1) is 0 Å². The van der Waals surface area contributed by atoms with Gasteiger partial charge in [-0.1, -0.05) is 0 Å². The fourth-order valence-electron chi connectivity index (χ4n) is 1.10. The second kappa shape index (κ2) is 5.41. The van der Waals surface area contributed by atoms with Gasteiger partial charge >= 0.3 is 0 Å². The van der Waals surface area contributed by atoms with Crippen LogP contribution in [0.2, 0.25) is 0 Å². The summed E-state index contributed by atoms with van der Waals surface area (Å²) in [4.78, 5) is 10.8. The van der Waals surface area contributed by atoms with Crippen LogP contribution in [-0.4, -0.2) is 25.6 Å². The summed E-state index contributed by atoms with van der Waals surface area (Å²) in [5.41, 5.74) is 5.04. The lowest BCUT2D eigenvalue weighted by molar-refractivity contribution is -0.120. The first-order valence-corrected chi connectivity index (χ1v) is 4.58. The van der Waals surface area contributed by atoms with E-state index in [9.17, 15) is 13.6 Å². The average molecular weight is 230 g/mol. The SMILES string of the molecule is CNC(COc1cc(F)cc(F)c1)C(N)=O. The molecule has 1 aromatic rings. The van der Waals surface area contributed by atoms with Crippen molar-refractivity contribution in [1.29, 1.82) is 0 Å². The summed E-state index contributed by atoms with van der Waals surface area (Å²) in [5, 5.41) is 2.61. The smallest absolute Gasteiger partial charge is 0.238 e. The summed E-state index contributed by atoms with van der Waals surface area (Å²) in [6.45, 7) is -0.0886. The van der Waals surface area contributed by atoms with Crippen molar-refractivity contribution >= 4 is 5.91 Å². The van der Waals surface area contributed by atoms with Crippen molar-refractivity contribution in [3.8, 4) is 5.75 Å². The number of amides is 1. The molecule has 4 nitrogen and oxygen atoms in total. The number of carbonyl (C=O) groups is 1. The molecular weight excluding hydrogens is 218 g/mol. The van der Waals surface area contributed by atoms with Gasteiger partial charge < -0.3 is 15.8 Å². The fourth-order valence-corrected chi connectivity index (χ4v) is 1.10. The summed E-state index contributed by atoms with van der Waals surface area (Å²) in [6, 6.07) is 2.08. The number of halogens is 2. The van der Waals surface area contributed by atoms with Crippen LogP contribution in [-0.2, 0) is 4.79 Å². The molecule has 0 saturated heterocycles. The molecule has 0 aliphatic heterocycles. The van der Waals surface area contributed by atoms with Crippen LogP contribution < -0.4 is 15.8 Å². The van der Waals surface area contributed by atoms with Gasteiger partial charge in [0, 0.05) is 18.2 Å². The third-order valence-corrected chi connectivity index (χ3v) is 1.94. The Morgan fingerprint density at radius 2 is 2.00 bits per heavy atom. The number of benzene rings is 1. The minimum Gasteiger partial charge on any atom is -0.491 e. The topological polar surface area (TPSA) is 64.3 Å². The van der Waals surface area contributed by atoms with Gasteiger partial charge in [-0.25, -0.2) is 8.78 Å². The van der Waals surface area contributed by atoms with Gasteiger partial charge in [-0.15, -0.1) is 0 Å². The molecule has 0 aliphatic rings. The lowest BCUT2D eigenvalue weighted by atomic mass is 10.3. The predicted octanol–water partition coefficient (Wildman–Crippen LogP) is 0.417. The lowest BCUT2D eigenvalue weighted by Crippen LogP contribution is -2.43. The predicted molar refractivity (Wildman–Crippen MR) is 53.9 cm³/mol. The molecule has 1 amide bonds. The minimum absolute atomic E-state index is 0.0130. The molecule has 0 bridgehead atoms. The molecule has 0 spiro atoms. The highest BCUT2D eigenvalue weighted by Gasteiger charge is 2.13. The van der Waals surface area contributed by atoms with E-state index >= 15 is 0 Å². The fraction of sp³-hybridized carbons (Fsp3) is 0.300. The summed E-state index contributed by atoms with van der Waals surface area (Å²) in [5.74, 6) is -2.07. The number of nitrogens with one attached hydrogen (secondary N) is 1. The van der Waals surface area contributed by atoms with E-state index in [0.717, 1.165) is 18.2 Å². The molecule has 0 fully saturated rings. The van der Waals surface area contributed by atoms with Crippen LogP contribution in [0, 0.1) is 11.6 Å². The zero-order chi connectivity index (χ0) is 12.1. The van der Waals surface area contributed by atoms with E-state index < -0.39 is 23.6 Å². The van der Waals surface area contributed by atoms with Crippen LogP contribution in [0.15, 0.2) is 18.2 Å². The number of likely N-dealkylation sites (N-methyl/N-ethyl adjacent to an activating group) is 1. The lowest BCUT2D eigenvalue weighted by Gasteiger charge is -2.13. The highest BCUT2D eigenvalue weighted by molar-refractivity contribution is 5.79. The Balaban J connectivity index is 2.63. The molecule has 0 aliphatic carbocycles. The maximum atomic E-state index is 12.8. The molecule has 6 heteroatoms. The minimum atomic E-state index is -0.741. The van der Waals surface area contributed by atoms with Crippen molar-refractivity contribution in [2.75, 3.05) is 13.7 Å². The van der Waals surface area contributed by atoms with Gasteiger partial charge in [0.25, 0.3) is 0 Å². The van der Waals surface area contributed by atoms with Gasteiger partial charge in [-0.2, -0.15) is 0 Å². The Hall–Kier alpha value is -1.69. The first-order chi connectivity index (χ1) is 7.52. The zero-order valence-corrected chi connectivity index (χ0v) is 8.67. The van der Waals surface area contributed by atoms with Crippen molar-refractivity contribution in [3.63, 3.8) is 0 Å². The third-order valence-electron chi connectivity index (χ3n) is 1.94. The first-order valence-electron chi connectivity index (χ1n) is 4.58. The van der Waals surface area contributed by atoms with E-state index in [-0.39, 0.29) is 12.4 Å². The zero-order valence-electron chi connectivity index (χ0n) is 8.67. The van der Waals surface area contributed by atoms with Crippen molar-refractivity contribution in [2.24, 2.45) is 5.73 Å². The molecule has 1 aromatic carbocycles. The summed E-state index contributed by atoms with van der Waals surface area (Å²) in [6.07, 6.45) is 0. The Morgan fingerprint density at radius 3 is 2.44 bits per heavy atom. The molecule has 0 radical (unpaired) electrons. The monoisotopic (exact) mass is 230 g/mol. The van der Waals surface area contributed by atoms with Crippen LogP contribution in [0.25, 0.3) is 0 Å². The largest absolute Gasteiger partial charge is 0.491 e. The Kier molecular flexibility index (Phi) is 4.19. The molecule has 0 heterocycles. The number of hydrogen-bond donors (Lipinski definition) is 2. The van der Waals surface area contributed by atoms with E-state index in [2.05, 4.69) is 5.32 Å². The molecule has 0 saturated carbocycles. The number of carbonyl (C=O) groups excluding carboxylic acids is 1. The van der Waals surface area contributed by atoms with Crippen molar-refractivity contribution in [1.82, 2.24) is 5.32 Å². The average Bonchev–Trinajstić information content (AvgIpc) is 2.16. The maximum Gasteiger partial charge on any atom is 0.238 e. The molecule has 1 rings (SSSR count). The van der Waals surface area contributed by atoms with Gasteiger partial charge in [-0.3, -0.25) is 4.79 Å². The van der Waals surface area contributed by atoms with Crippen LogP contribution in [0.5, 0.6) is 5.75 Å². The molecule has 16 heavy (non-hydrogen) atoms. The standard InChI is InChI=1S/C10H12F2N2O2/c1-14-9(10(13)15)5-16-8-3-6(11)2-7(12)4-8/h2-4,9,14H,5H2,1H3,(H2,13,15). The molecule has 1 unspecified atom stereocenters. The van der Waals surface area contributed by atoms with Crippen LogP contribution in [0.3, 0.4) is 0 Å². The van der Waals surface area contributed by atoms with E-state index in [4.69, 9.17) is 10.5 Å². The summed E-state index contributed by atoms with van der Waals surface area (Å²) >= 11 is 0. The first kappa shape index (κ1) is 12.4. The summed E-state index contributed by atoms with van der Waals surface area (Å²) < 4.78 is 30.6. The number of rotatable bonds is 5. The van der Waals surface area contributed by atoms with Gasteiger partial charge in [0.15, 0.2) is 0 Å². The molecule has 88 valence electrons. The Bertz CT molecular complexity index is 365. The summed E-state index contributed by atoms with van der Waals surface area (Å²) in [7, 11) is 1.53. The second-order valence-corrected chi connectivity index (χ2v) is 3.16. The van der Waals surface area contributed by atoms with Crippen molar-refractivity contribution in [2.45, 2.75) is 6.04 Å². The highest BCUT2D eigenvalue weighted by atomic mass is 19.1. The normalized spacial score (nSPS) is 12.2. The van der Waals surface area contributed by atoms with Crippen LogP contribution >= 0.6 is 0 Å². The van der Waals surface area contributed by atoms with E-state index in [1.54, 1.807) is 0 Å². The van der Waals surface area contributed by atoms with Crippen molar-refractivity contribution in [3.05, 3.63) is 29.8 Å². The van der Waals surface area contributed by atoms with Gasteiger partial charge in [-0.05, 0) is 7.05 Å². The molecule has 3 N–H and O–H groups in total. The van der Waals surface area contributed by atoms with E-state index in [1.165, 1.54) is 7.05 Å². The van der Waals surface area contributed by atoms with Gasteiger partial charge in [0.1, 0.15) is 30.0 Å². The number of ether oxygens (including phenoxy) is 1. The second-order valence-electron chi connectivity index (χ2n) is 3.16. The third kappa shape index (κ3) is 3.47. The Morgan fingerprint density at radius 1 is 1.44 bits per heavy atom. The van der Waals surface area contributed by atoms with E-state index in [0.29, 0.717) is 0 Å². The Labute approximate surface area is 91.4 Å². The maximum absolute atomic E-state index is 12.8. The highest BCUT2D eigenvalue weighted by Crippen LogP contribution is 2.15. The van der Waals surface area contributed by atoms with Gasteiger partial charge in [0.2, 0.25) is 5.91 Å². The van der Waals surface area contributed by atoms with E-state index in [1.807, 2.05) is 0 Å². The van der Waals surface area contributed by atoms with Crippen LogP contribution in [0.4, 0.5) is 8.78 Å². The quantitative estimate of drug-likeness (QED) is 0.770.